The van der Waals surface area contributed by atoms with Crippen LogP contribution >= 0.6 is 0 Å². The van der Waals surface area contributed by atoms with Crippen LogP contribution in [0.4, 0.5) is 19.0 Å². The summed E-state index contributed by atoms with van der Waals surface area (Å²) in [7, 11) is 0. The Bertz CT molecular complexity index is 865. The molecule has 1 aromatic carbocycles. The molecule has 2 saturated heterocycles. The Hall–Kier alpha value is -2.39. The molecule has 2 aliphatic rings. The minimum Gasteiger partial charge on any atom is -0.507 e. The Balaban J connectivity index is 1.60. The van der Waals surface area contributed by atoms with Crippen LogP contribution in [-0.4, -0.2) is 65.1 Å². The van der Waals surface area contributed by atoms with Gasteiger partial charge in [0.15, 0.2) is 5.82 Å². The number of aromatic hydroxyl groups is 1. The van der Waals surface area contributed by atoms with Gasteiger partial charge in [0.1, 0.15) is 5.75 Å². The second-order valence-electron chi connectivity index (χ2n) is 7.48. The van der Waals surface area contributed by atoms with Gasteiger partial charge in [0.25, 0.3) is 0 Å². The van der Waals surface area contributed by atoms with Crippen LogP contribution in [0.15, 0.2) is 24.3 Å². The molecule has 0 bridgehead atoms. The van der Waals surface area contributed by atoms with Crippen LogP contribution in [0, 0.1) is 6.92 Å². The van der Waals surface area contributed by atoms with E-state index in [4.69, 9.17) is 4.74 Å². The normalized spacial score (nSPS) is 22.7. The van der Waals surface area contributed by atoms with E-state index in [1.165, 1.54) is 6.92 Å². The quantitative estimate of drug-likeness (QED) is 0.842. The molecule has 0 amide bonds. The van der Waals surface area contributed by atoms with Crippen LogP contribution in [0.1, 0.15) is 18.1 Å². The van der Waals surface area contributed by atoms with Crippen LogP contribution in [-0.2, 0) is 10.9 Å². The van der Waals surface area contributed by atoms with E-state index in [1.54, 1.807) is 12.1 Å². The molecule has 2 aromatic rings. The number of benzene rings is 1. The first-order valence-electron chi connectivity index (χ1n) is 9.63. The molecule has 2 aliphatic heterocycles. The average Bonchev–Trinajstić information content (AvgIpc) is 3.11. The van der Waals surface area contributed by atoms with Crippen molar-refractivity contribution in [2.75, 3.05) is 37.7 Å². The fourth-order valence-corrected chi connectivity index (χ4v) is 4.18. The highest BCUT2D eigenvalue weighted by Crippen LogP contribution is 2.38. The van der Waals surface area contributed by atoms with Gasteiger partial charge in [-0.25, -0.2) is 0 Å². The van der Waals surface area contributed by atoms with Crippen molar-refractivity contribution in [2.24, 2.45) is 0 Å². The second kappa shape index (κ2) is 7.46. The third-order valence-electron chi connectivity index (χ3n) is 5.67. The zero-order valence-corrected chi connectivity index (χ0v) is 16.3. The fourth-order valence-electron chi connectivity index (χ4n) is 4.18. The Kier molecular flexibility index (Phi) is 5.12. The number of aromatic nitrogens is 2. The minimum atomic E-state index is -4.52. The first-order valence-corrected chi connectivity index (χ1v) is 9.63. The van der Waals surface area contributed by atoms with Gasteiger partial charge in [-0.3, -0.25) is 4.90 Å². The number of anilines is 1. The summed E-state index contributed by atoms with van der Waals surface area (Å²) in [6.45, 7) is 7.70. The average molecular weight is 408 g/mol. The standard InChI is InChI=1S/C20H23F3N4O2/c1-3-26-10-15-17(11-26)29-7-6-27(15)18-5-4-14(24-25-18)19-12(2)8-13(9-16(19)28)20(21,22)23/h4-5,8-9,15,17,28H,3,6-7,10-11H2,1-2H3/t15-,17+/m0/s1. The lowest BCUT2D eigenvalue weighted by molar-refractivity contribution is -0.137. The van der Waals surface area contributed by atoms with E-state index in [0.29, 0.717) is 30.2 Å². The largest absolute Gasteiger partial charge is 0.507 e. The summed E-state index contributed by atoms with van der Waals surface area (Å²) < 4.78 is 44.7. The van der Waals surface area contributed by atoms with Gasteiger partial charge in [-0.2, -0.15) is 13.2 Å². The molecule has 3 heterocycles. The summed E-state index contributed by atoms with van der Waals surface area (Å²) in [5, 5.41) is 18.7. The van der Waals surface area contributed by atoms with E-state index in [2.05, 4.69) is 26.9 Å². The molecule has 0 spiro atoms. The van der Waals surface area contributed by atoms with Crippen LogP contribution in [0.5, 0.6) is 5.75 Å². The molecule has 2 atom stereocenters. The number of likely N-dealkylation sites (N-methyl/N-ethyl adjacent to an activating group) is 1. The zero-order valence-electron chi connectivity index (χ0n) is 16.3. The first kappa shape index (κ1) is 19.9. The van der Waals surface area contributed by atoms with E-state index in [0.717, 1.165) is 31.8 Å². The highest BCUT2D eigenvalue weighted by atomic mass is 19.4. The maximum Gasteiger partial charge on any atom is 0.416 e. The number of ether oxygens (including phenoxy) is 1. The van der Waals surface area contributed by atoms with Gasteiger partial charge in [-0.1, -0.05) is 6.92 Å². The van der Waals surface area contributed by atoms with E-state index < -0.39 is 17.5 Å². The Morgan fingerprint density at radius 3 is 2.62 bits per heavy atom. The minimum absolute atomic E-state index is 0.131. The van der Waals surface area contributed by atoms with Crippen LogP contribution in [0.25, 0.3) is 11.3 Å². The number of fused-ring (bicyclic) bond motifs is 1. The summed E-state index contributed by atoms with van der Waals surface area (Å²) in [5.74, 6) is 0.245. The molecule has 6 nitrogen and oxygen atoms in total. The molecule has 156 valence electrons. The highest BCUT2D eigenvalue weighted by Gasteiger charge is 2.40. The molecule has 1 N–H and O–H groups in total. The summed E-state index contributed by atoms with van der Waals surface area (Å²) in [4.78, 5) is 4.51. The predicted octanol–water partition coefficient (Wildman–Crippen LogP) is 3.09. The van der Waals surface area contributed by atoms with Gasteiger partial charge < -0.3 is 14.7 Å². The molecule has 29 heavy (non-hydrogen) atoms. The number of hydrogen-bond acceptors (Lipinski definition) is 6. The van der Waals surface area contributed by atoms with Crippen molar-refractivity contribution in [3.63, 3.8) is 0 Å². The molecule has 9 heteroatoms. The van der Waals surface area contributed by atoms with Crippen LogP contribution < -0.4 is 4.90 Å². The second-order valence-corrected chi connectivity index (χ2v) is 7.48. The third kappa shape index (κ3) is 3.76. The molecular formula is C20H23F3N4O2. The van der Waals surface area contributed by atoms with Crippen molar-refractivity contribution in [2.45, 2.75) is 32.2 Å². The van der Waals surface area contributed by atoms with Crippen molar-refractivity contribution in [1.82, 2.24) is 15.1 Å². The van der Waals surface area contributed by atoms with E-state index in [1.807, 2.05) is 0 Å². The van der Waals surface area contributed by atoms with E-state index in [-0.39, 0.29) is 17.7 Å². The van der Waals surface area contributed by atoms with Crippen molar-refractivity contribution >= 4 is 5.82 Å². The number of phenolic OH excluding ortho intramolecular Hbond substituents is 1. The Morgan fingerprint density at radius 1 is 1.21 bits per heavy atom. The predicted molar refractivity (Wildman–Crippen MR) is 102 cm³/mol. The molecule has 0 radical (unpaired) electrons. The maximum absolute atomic E-state index is 12.9. The first-order chi connectivity index (χ1) is 13.8. The van der Waals surface area contributed by atoms with Crippen molar-refractivity contribution in [3.8, 4) is 17.0 Å². The fraction of sp³-hybridized carbons (Fsp3) is 0.500. The van der Waals surface area contributed by atoms with Crippen molar-refractivity contribution in [1.29, 1.82) is 0 Å². The molecular weight excluding hydrogens is 385 g/mol. The number of aryl methyl sites for hydroxylation is 1. The molecule has 1 aromatic heterocycles. The monoisotopic (exact) mass is 408 g/mol. The molecule has 0 aliphatic carbocycles. The van der Waals surface area contributed by atoms with E-state index in [9.17, 15) is 18.3 Å². The lowest BCUT2D eigenvalue weighted by Gasteiger charge is -2.37. The molecule has 2 fully saturated rings. The summed E-state index contributed by atoms with van der Waals surface area (Å²) in [6.07, 6.45) is -4.39. The Morgan fingerprint density at radius 2 is 2.00 bits per heavy atom. The van der Waals surface area contributed by atoms with E-state index >= 15 is 0 Å². The lowest BCUT2D eigenvalue weighted by atomic mass is 10.0. The number of rotatable bonds is 3. The smallest absolute Gasteiger partial charge is 0.416 e. The lowest BCUT2D eigenvalue weighted by Crippen LogP contribution is -2.51. The SMILES string of the molecule is CCN1C[C@H]2OCCN(c3ccc(-c4c(C)cc(C(F)(F)F)cc4O)nn3)[C@H]2C1. The van der Waals surface area contributed by atoms with Gasteiger partial charge in [-0.05, 0) is 43.3 Å². The topological polar surface area (TPSA) is 61.7 Å². The number of halogens is 3. The molecule has 0 unspecified atom stereocenters. The Labute approximate surface area is 166 Å². The number of hydrogen-bond donors (Lipinski definition) is 1. The van der Waals surface area contributed by atoms with Crippen molar-refractivity contribution < 1.29 is 23.0 Å². The summed E-state index contributed by atoms with van der Waals surface area (Å²) in [5.41, 5.74) is 0.000843. The number of morpholine rings is 1. The van der Waals surface area contributed by atoms with Gasteiger partial charge in [-0.15, -0.1) is 10.2 Å². The molecule has 4 rings (SSSR count). The van der Waals surface area contributed by atoms with Gasteiger partial charge >= 0.3 is 6.18 Å². The number of phenols is 1. The van der Waals surface area contributed by atoms with Gasteiger partial charge in [0.05, 0.1) is 30.0 Å². The van der Waals surface area contributed by atoms with Gasteiger partial charge in [0, 0.05) is 25.2 Å². The molecule has 0 saturated carbocycles. The summed E-state index contributed by atoms with van der Waals surface area (Å²) >= 11 is 0. The number of alkyl halides is 3. The maximum atomic E-state index is 12.9. The van der Waals surface area contributed by atoms with Crippen molar-refractivity contribution in [3.05, 3.63) is 35.4 Å². The number of nitrogens with zero attached hydrogens (tertiary/aromatic N) is 4. The van der Waals surface area contributed by atoms with Crippen LogP contribution in [0.2, 0.25) is 0 Å². The van der Waals surface area contributed by atoms with Gasteiger partial charge in [0.2, 0.25) is 0 Å². The highest BCUT2D eigenvalue weighted by molar-refractivity contribution is 5.71. The third-order valence-corrected chi connectivity index (χ3v) is 5.67. The summed E-state index contributed by atoms with van der Waals surface area (Å²) in [6, 6.07) is 5.42. The zero-order chi connectivity index (χ0) is 20.8. The number of likely N-dealkylation sites (tertiary alicyclic amines) is 1. The van der Waals surface area contributed by atoms with Crippen LogP contribution in [0.3, 0.4) is 0 Å².